The SMILES string of the molecule is CC(=O)OCc1ccc(NC(=O)C2CC(C)(C)CCC2C(C)C)cc1. The van der Waals surface area contributed by atoms with E-state index in [2.05, 4.69) is 33.0 Å². The van der Waals surface area contributed by atoms with Gasteiger partial charge in [0.2, 0.25) is 5.91 Å². The first-order valence-corrected chi connectivity index (χ1v) is 9.21. The monoisotopic (exact) mass is 345 g/mol. The molecule has 4 nitrogen and oxygen atoms in total. The highest BCUT2D eigenvalue weighted by atomic mass is 16.5. The van der Waals surface area contributed by atoms with E-state index in [0.29, 0.717) is 11.8 Å². The van der Waals surface area contributed by atoms with E-state index >= 15 is 0 Å². The van der Waals surface area contributed by atoms with Crippen LogP contribution in [0.4, 0.5) is 5.69 Å². The largest absolute Gasteiger partial charge is 0.461 e. The van der Waals surface area contributed by atoms with Crippen molar-refractivity contribution in [1.82, 2.24) is 0 Å². The Morgan fingerprint density at radius 3 is 2.44 bits per heavy atom. The van der Waals surface area contributed by atoms with Crippen LogP contribution in [0.2, 0.25) is 0 Å². The molecule has 0 aromatic heterocycles. The fraction of sp³-hybridized carbons (Fsp3) is 0.619. The molecule has 1 aromatic rings. The fourth-order valence-electron chi connectivity index (χ4n) is 3.80. The number of carbonyl (C=O) groups is 2. The lowest BCUT2D eigenvalue weighted by molar-refractivity contribution is -0.142. The summed E-state index contributed by atoms with van der Waals surface area (Å²) in [7, 11) is 0. The quantitative estimate of drug-likeness (QED) is 0.781. The standard InChI is InChI=1S/C21H31NO3/c1-14(2)18-10-11-21(4,5)12-19(18)20(24)22-17-8-6-16(7-9-17)13-25-15(3)23/h6-9,14,18-19H,10-13H2,1-5H3,(H,22,24). The van der Waals surface area contributed by atoms with Gasteiger partial charge in [0, 0.05) is 18.5 Å². The predicted octanol–water partition coefficient (Wildman–Crippen LogP) is 4.79. The highest BCUT2D eigenvalue weighted by Gasteiger charge is 2.39. The third-order valence-electron chi connectivity index (χ3n) is 5.30. The van der Waals surface area contributed by atoms with Crippen molar-refractivity contribution in [3.8, 4) is 0 Å². The van der Waals surface area contributed by atoms with E-state index in [-0.39, 0.29) is 29.8 Å². The molecule has 0 spiro atoms. The van der Waals surface area contributed by atoms with Crippen LogP contribution in [0.25, 0.3) is 0 Å². The average Bonchev–Trinajstić information content (AvgIpc) is 2.53. The van der Waals surface area contributed by atoms with Gasteiger partial charge in [0.15, 0.2) is 0 Å². The van der Waals surface area contributed by atoms with E-state index in [1.54, 1.807) is 0 Å². The number of nitrogens with one attached hydrogen (secondary N) is 1. The normalized spacial score (nSPS) is 22.5. The minimum Gasteiger partial charge on any atom is -0.461 e. The molecule has 2 rings (SSSR count). The van der Waals surface area contributed by atoms with Crippen molar-refractivity contribution in [2.75, 3.05) is 5.32 Å². The Balaban J connectivity index is 2.02. The van der Waals surface area contributed by atoms with Crippen LogP contribution in [-0.2, 0) is 20.9 Å². The smallest absolute Gasteiger partial charge is 0.302 e. The highest BCUT2D eigenvalue weighted by Crippen LogP contribution is 2.44. The zero-order valence-corrected chi connectivity index (χ0v) is 16.1. The van der Waals surface area contributed by atoms with Crippen LogP contribution in [0.5, 0.6) is 0 Å². The van der Waals surface area contributed by atoms with Gasteiger partial charge in [-0.1, -0.05) is 39.8 Å². The number of ether oxygens (including phenoxy) is 1. The van der Waals surface area contributed by atoms with Crippen LogP contribution >= 0.6 is 0 Å². The van der Waals surface area contributed by atoms with Crippen molar-refractivity contribution in [3.63, 3.8) is 0 Å². The van der Waals surface area contributed by atoms with Crippen molar-refractivity contribution in [1.29, 1.82) is 0 Å². The third kappa shape index (κ3) is 5.58. The number of carbonyl (C=O) groups excluding carboxylic acids is 2. The molecule has 0 aliphatic heterocycles. The second-order valence-corrected chi connectivity index (χ2v) is 8.39. The van der Waals surface area contributed by atoms with Crippen LogP contribution < -0.4 is 5.32 Å². The molecule has 25 heavy (non-hydrogen) atoms. The topological polar surface area (TPSA) is 55.4 Å². The molecule has 1 saturated carbocycles. The molecule has 0 radical (unpaired) electrons. The molecule has 0 saturated heterocycles. The van der Waals surface area contributed by atoms with E-state index in [4.69, 9.17) is 4.74 Å². The van der Waals surface area contributed by atoms with Crippen LogP contribution in [0.15, 0.2) is 24.3 Å². The van der Waals surface area contributed by atoms with Gasteiger partial charge in [-0.2, -0.15) is 0 Å². The average molecular weight is 345 g/mol. The van der Waals surface area contributed by atoms with Gasteiger partial charge in [0.05, 0.1) is 0 Å². The number of esters is 1. The van der Waals surface area contributed by atoms with E-state index in [9.17, 15) is 9.59 Å². The summed E-state index contributed by atoms with van der Waals surface area (Å²) < 4.78 is 4.98. The first kappa shape index (κ1) is 19.5. The van der Waals surface area contributed by atoms with Crippen LogP contribution in [0.1, 0.15) is 59.4 Å². The lowest BCUT2D eigenvalue weighted by Crippen LogP contribution is -2.39. The van der Waals surface area contributed by atoms with Gasteiger partial charge in [-0.25, -0.2) is 0 Å². The van der Waals surface area contributed by atoms with Gasteiger partial charge in [0.25, 0.3) is 0 Å². The Kier molecular flexibility index (Phi) is 6.26. The van der Waals surface area contributed by atoms with Gasteiger partial charge in [-0.15, -0.1) is 0 Å². The number of benzene rings is 1. The maximum Gasteiger partial charge on any atom is 0.302 e. The zero-order chi connectivity index (χ0) is 18.6. The first-order valence-electron chi connectivity index (χ1n) is 9.21. The lowest BCUT2D eigenvalue weighted by Gasteiger charge is -2.41. The Hall–Kier alpha value is -1.84. The summed E-state index contributed by atoms with van der Waals surface area (Å²) in [6.07, 6.45) is 3.24. The molecule has 1 fully saturated rings. The van der Waals surface area contributed by atoms with Gasteiger partial charge in [-0.05, 0) is 54.2 Å². The van der Waals surface area contributed by atoms with Crippen molar-refractivity contribution in [2.24, 2.45) is 23.2 Å². The number of anilines is 1. The molecule has 1 aliphatic rings. The van der Waals surface area contributed by atoms with Crippen LogP contribution in [-0.4, -0.2) is 11.9 Å². The molecule has 0 heterocycles. The van der Waals surface area contributed by atoms with Crippen molar-refractivity contribution >= 4 is 17.6 Å². The van der Waals surface area contributed by atoms with Gasteiger partial charge >= 0.3 is 5.97 Å². The summed E-state index contributed by atoms with van der Waals surface area (Å²) in [6.45, 7) is 10.6. The number of amides is 1. The summed E-state index contributed by atoms with van der Waals surface area (Å²) in [5.41, 5.74) is 1.93. The lowest BCUT2D eigenvalue weighted by atomic mass is 9.64. The molecule has 4 heteroatoms. The Morgan fingerprint density at radius 1 is 1.24 bits per heavy atom. The van der Waals surface area contributed by atoms with Crippen molar-refractivity contribution < 1.29 is 14.3 Å². The number of hydrogen-bond donors (Lipinski definition) is 1. The molecule has 1 amide bonds. The minimum absolute atomic E-state index is 0.0597. The second-order valence-electron chi connectivity index (χ2n) is 8.39. The first-order chi connectivity index (χ1) is 11.7. The molecule has 0 bridgehead atoms. The Morgan fingerprint density at radius 2 is 1.88 bits per heavy atom. The van der Waals surface area contributed by atoms with E-state index in [1.807, 2.05) is 24.3 Å². The predicted molar refractivity (Wildman–Crippen MR) is 100.0 cm³/mol. The summed E-state index contributed by atoms with van der Waals surface area (Å²) in [4.78, 5) is 23.8. The molecular formula is C21H31NO3. The van der Waals surface area contributed by atoms with Gasteiger partial charge in [0.1, 0.15) is 6.61 Å². The number of rotatable bonds is 5. The molecular weight excluding hydrogens is 314 g/mol. The van der Waals surface area contributed by atoms with E-state index in [1.165, 1.54) is 13.3 Å². The summed E-state index contributed by atoms with van der Waals surface area (Å²) >= 11 is 0. The zero-order valence-electron chi connectivity index (χ0n) is 16.1. The summed E-state index contributed by atoms with van der Waals surface area (Å²) in [5.74, 6) is 0.843. The maximum atomic E-state index is 12.9. The van der Waals surface area contributed by atoms with Crippen molar-refractivity contribution in [3.05, 3.63) is 29.8 Å². The highest BCUT2D eigenvalue weighted by molar-refractivity contribution is 5.92. The van der Waals surface area contributed by atoms with Gasteiger partial charge < -0.3 is 10.1 Å². The maximum absolute atomic E-state index is 12.9. The Labute approximate surface area is 151 Å². The van der Waals surface area contributed by atoms with E-state index < -0.39 is 0 Å². The van der Waals surface area contributed by atoms with Crippen molar-refractivity contribution in [2.45, 2.75) is 60.5 Å². The molecule has 1 N–H and O–H groups in total. The minimum atomic E-state index is -0.294. The van der Waals surface area contributed by atoms with Crippen LogP contribution in [0, 0.1) is 23.2 Å². The molecule has 2 atom stereocenters. The molecule has 138 valence electrons. The Bertz CT molecular complexity index is 604. The molecule has 1 aliphatic carbocycles. The fourth-order valence-corrected chi connectivity index (χ4v) is 3.80. The summed E-state index contributed by atoms with van der Waals surface area (Å²) in [6, 6.07) is 7.50. The molecule has 2 unspecified atom stereocenters. The van der Waals surface area contributed by atoms with E-state index in [0.717, 1.165) is 24.1 Å². The molecule has 1 aromatic carbocycles. The van der Waals surface area contributed by atoms with Gasteiger partial charge in [-0.3, -0.25) is 9.59 Å². The third-order valence-corrected chi connectivity index (χ3v) is 5.30. The second kappa shape index (κ2) is 8.03. The summed E-state index contributed by atoms with van der Waals surface area (Å²) in [5, 5.41) is 3.08. The number of hydrogen-bond acceptors (Lipinski definition) is 3. The van der Waals surface area contributed by atoms with Crippen LogP contribution in [0.3, 0.4) is 0 Å².